The van der Waals surface area contributed by atoms with E-state index in [1.807, 2.05) is 6.08 Å². The predicted molar refractivity (Wildman–Crippen MR) is 87.6 cm³/mol. The van der Waals surface area contributed by atoms with Gasteiger partial charge < -0.3 is 4.74 Å². The van der Waals surface area contributed by atoms with Gasteiger partial charge in [-0.3, -0.25) is 9.59 Å². The number of carbonyl (C=O) groups is 2. The maximum absolute atomic E-state index is 11.7. The first kappa shape index (κ1) is 14.9. The Morgan fingerprint density at radius 1 is 1.22 bits per heavy atom. The van der Waals surface area contributed by atoms with Gasteiger partial charge in [0.25, 0.3) is 0 Å². The third kappa shape index (κ3) is 2.24. The molecule has 0 saturated heterocycles. The molecule has 122 valence electrons. The quantitative estimate of drug-likeness (QED) is 0.690. The molecule has 1 saturated carbocycles. The fraction of sp³-hybridized carbons (Fsp3) is 0.600. The summed E-state index contributed by atoms with van der Waals surface area (Å²) < 4.78 is 5.62. The molecule has 0 aromatic carbocycles. The van der Waals surface area contributed by atoms with Gasteiger partial charge in [0.15, 0.2) is 5.78 Å². The molecule has 4 atom stereocenters. The van der Waals surface area contributed by atoms with Gasteiger partial charge in [0.1, 0.15) is 6.10 Å². The Morgan fingerprint density at radius 2 is 2.04 bits per heavy atom. The van der Waals surface area contributed by atoms with Crippen molar-refractivity contribution in [3.63, 3.8) is 0 Å². The Morgan fingerprint density at radius 3 is 2.83 bits per heavy atom. The highest BCUT2D eigenvalue weighted by Crippen LogP contribution is 2.57. The lowest BCUT2D eigenvalue weighted by atomic mass is 9.62. The van der Waals surface area contributed by atoms with E-state index in [9.17, 15) is 9.59 Å². The number of hydrogen-bond acceptors (Lipinski definition) is 3. The molecule has 4 aliphatic carbocycles. The molecule has 4 aliphatic rings. The number of fused-ring (bicyclic) bond motifs is 4. The Hall–Kier alpha value is -1.64. The van der Waals surface area contributed by atoms with Crippen LogP contribution in [0.1, 0.15) is 52.4 Å². The summed E-state index contributed by atoms with van der Waals surface area (Å²) in [5.74, 6) is 1.06. The lowest BCUT2D eigenvalue weighted by molar-refractivity contribution is -0.150. The van der Waals surface area contributed by atoms with Crippen molar-refractivity contribution in [1.29, 1.82) is 0 Å². The number of ether oxygens (including phenoxy) is 1. The van der Waals surface area contributed by atoms with E-state index in [1.165, 1.54) is 18.1 Å². The first-order chi connectivity index (χ1) is 11.0. The lowest BCUT2D eigenvalue weighted by Crippen LogP contribution is -2.38. The van der Waals surface area contributed by atoms with E-state index < -0.39 is 0 Å². The average Bonchev–Trinajstić information content (AvgIpc) is 2.83. The van der Waals surface area contributed by atoms with E-state index in [2.05, 4.69) is 19.1 Å². The molecule has 3 heteroatoms. The Kier molecular flexibility index (Phi) is 3.36. The highest BCUT2D eigenvalue weighted by atomic mass is 16.5. The molecule has 0 radical (unpaired) electrons. The summed E-state index contributed by atoms with van der Waals surface area (Å²) in [6.07, 6.45) is 12.2. The van der Waals surface area contributed by atoms with Crippen LogP contribution in [0, 0.1) is 17.3 Å². The third-order valence-electron chi connectivity index (χ3n) is 6.42. The van der Waals surface area contributed by atoms with Crippen molar-refractivity contribution >= 4 is 11.8 Å². The minimum absolute atomic E-state index is 0.000160. The molecule has 23 heavy (non-hydrogen) atoms. The molecule has 0 spiro atoms. The summed E-state index contributed by atoms with van der Waals surface area (Å²) in [6.45, 7) is 3.75. The van der Waals surface area contributed by atoms with Crippen LogP contribution in [-0.4, -0.2) is 17.9 Å². The summed E-state index contributed by atoms with van der Waals surface area (Å²) in [4.78, 5) is 23.1. The van der Waals surface area contributed by atoms with E-state index in [0.717, 1.165) is 32.1 Å². The van der Waals surface area contributed by atoms with E-state index >= 15 is 0 Å². The number of esters is 1. The van der Waals surface area contributed by atoms with Crippen molar-refractivity contribution in [2.24, 2.45) is 17.3 Å². The van der Waals surface area contributed by atoms with Crippen molar-refractivity contribution < 1.29 is 14.3 Å². The lowest BCUT2D eigenvalue weighted by Gasteiger charge is -2.43. The SMILES string of the molecule is CC(=O)O[C@H]1CCC2C3=C(C=C[C@@]21C)C1CCC(=O)C=C1CC3. The van der Waals surface area contributed by atoms with Crippen LogP contribution in [0.3, 0.4) is 0 Å². The van der Waals surface area contributed by atoms with Gasteiger partial charge in [0, 0.05) is 24.7 Å². The molecule has 2 unspecified atom stereocenters. The molecule has 0 amide bonds. The first-order valence-corrected chi connectivity index (χ1v) is 8.81. The van der Waals surface area contributed by atoms with Gasteiger partial charge in [0.05, 0.1) is 0 Å². The Balaban J connectivity index is 1.68. The van der Waals surface area contributed by atoms with Gasteiger partial charge in [-0.25, -0.2) is 0 Å². The maximum Gasteiger partial charge on any atom is 0.302 e. The second kappa shape index (κ2) is 5.19. The summed E-state index contributed by atoms with van der Waals surface area (Å²) in [6, 6.07) is 0. The number of ketones is 1. The van der Waals surface area contributed by atoms with Crippen LogP contribution in [0.15, 0.2) is 34.9 Å². The Labute approximate surface area is 137 Å². The zero-order valence-electron chi connectivity index (χ0n) is 13.9. The van der Waals surface area contributed by atoms with Crippen molar-refractivity contribution in [1.82, 2.24) is 0 Å². The minimum Gasteiger partial charge on any atom is -0.462 e. The minimum atomic E-state index is -0.176. The van der Waals surface area contributed by atoms with Gasteiger partial charge in [-0.05, 0) is 49.7 Å². The first-order valence-electron chi connectivity index (χ1n) is 8.81. The summed E-state index contributed by atoms with van der Waals surface area (Å²) in [5, 5.41) is 0. The molecular formula is C20H24O3. The zero-order valence-corrected chi connectivity index (χ0v) is 13.9. The molecule has 4 rings (SSSR count). The van der Waals surface area contributed by atoms with Crippen LogP contribution in [0.5, 0.6) is 0 Å². The molecule has 0 N–H and O–H groups in total. The van der Waals surface area contributed by atoms with E-state index in [4.69, 9.17) is 4.74 Å². The van der Waals surface area contributed by atoms with Gasteiger partial charge >= 0.3 is 5.97 Å². The van der Waals surface area contributed by atoms with Crippen LogP contribution >= 0.6 is 0 Å². The number of rotatable bonds is 1. The topological polar surface area (TPSA) is 43.4 Å². The average molecular weight is 312 g/mol. The molecular weight excluding hydrogens is 288 g/mol. The number of hydrogen-bond donors (Lipinski definition) is 0. The van der Waals surface area contributed by atoms with Crippen molar-refractivity contribution in [3.8, 4) is 0 Å². The molecule has 0 aromatic rings. The normalized spacial score (nSPS) is 38.6. The number of carbonyl (C=O) groups excluding carboxylic acids is 2. The molecule has 0 bridgehead atoms. The van der Waals surface area contributed by atoms with E-state index in [1.54, 1.807) is 5.57 Å². The summed E-state index contributed by atoms with van der Waals surface area (Å²) >= 11 is 0. The van der Waals surface area contributed by atoms with E-state index in [0.29, 0.717) is 24.0 Å². The van der Waals surface area contributed by atoms with Crippen molar-refractivity contribution in [2.75, 3.05) is 0 Å². The van der Waals surface area contributed by atoms with Crippen LogP contribution in [0.25, 0.3) is 0 Å². The largest absolute Gasteiger partial charge is 0.462 e. The summed E-state index contributed by atoms with van der Waals surface area (Å²) in [7, 11) is 0. The van der Waals surface area contributed by atoms with Crippen LogP contribution in [0.2, 0.25) is 0 Å². The molecule has 0 aromatic heterocycles. The van der Waals surface area contributed by atoms with Crippen LogP contribution in [0.4, 0.5) is 0 Å². The summed E-state index contributed by atoms with van der Waals surface area (Å²) in [5.41, 5.74) is 4.31. The van der Waals surface area contributed by atoms with Gasteiger partial charge in [0.2, 0.25) is 0 Å². The van der Waals surface area contributed by atoms with Gasteiger partial charge in [-0.1, -0.05) is 30.2 Å². The van der Waals surface area contributed by atoms with Crippen molar-refractivity contribution in [2.45, 2.75) is 58.5 Å². The van der Waals surface area contributed by atoms with Gasteiger partial charge in [-0.15, -0.1) is 0 Å². The van der Waals surface area contributed by atoms with Crippen LogP contribution < -0.4 is 0 Å². The molecule has 3 nitrogen and oxygen atoms in total. The fourth-order valence-electron chi connectivity index (χ4n) is 5.29. The van der Waals surface area contributed by atoms with Crippen molar-refractivity contribution in [3.05, 3.63) is 34.9 Å². The second-order valence-electron chi connectivity index (χ2n) is 7.68. The van der Waals surface area contributed by atoms with Crippen LogP contribution in [-0.2, 0) is 14.3 Å². The third-order valence-corrected chi connectivity index (χ3v) is 6.42. The highest BCUT2D eigenvalue weighted by Gasteiger charge is 2.51. The smallest absolute Gasteiger partial charge is 0.302 e. The molecule has 0 heterocycles. The predicted octanol–water partition coefficient (Wildman–Crippen LogP) is 3.90. The van der Waals surface area contributed by atoms with E-state index in [-0.39, 0.29) is 17.5 Å². The highest BCUT2D eigenvalue weighted by molar-refractivity contribution is 5.91. The molecule has 1 fully saturated rings. The van der Waals surface area contributed by atoms with Gasteiger partial charge in [-0.2, -0.15) is 0 Å². The second-order valence-corrected chi connectivity index (χ2v) is 7.68. The maximum atomic E-state index is 11.7. The number of allylic oxidation sites excluding steroid dienone is 5. The fourth-order valence-corrected chi connectivity index (χ4v) is 5.29. The molecule has 0 aliphatic heterocycles. The Bertz CT molecular complexity index is 666. The monoisotopic (exact) mass is 312 g/mol. The zero-order chi connectivity index (χ0) is 16.2. The standard InChI is InChI=1S/C20H24O3/c1-12(21)23-19-8-7-18-17-5-3-13-11-14(22)4-6-15(13)16(17)9-10-20(18,19)2/h9-11,15,18-19H,3-8H2,1-2H3/t15?,18?,19-,20-/m0/s1.